The third kappa shape index (κ3) is 1.89. The van der Waals surface area contributed by atoms with Crippen LogP contribution < -0.4 is 0 Å². The van der Waals surface area contributed by atoms with E-state index in [-0.39, 0.29) is 6.61 Å². The van der Waals surface area contributed by atoms with Crippen LogP contribution in [0.4, 0.5) is 0 Å². The van der Waals surface area contributed by atoms with E-state index in [1.165, 1.54) is 0 Å². The van der Waals surface area contributed by atoms with E-state index < -0.39 is 28.7 Å². The minimum absolute atomic E-state index is 0.375. The van der Waals surface area contributed by atoms with E-state index in [2.05, 4.69) is 0 Å². The second-order valence-electron chi connectivity index (χ2n) is 2.64. The van der Waals surface area contributed by atoms with Gasteiger partial charge in [0.1, 0.15) is 0 Å². The Balaban J connectivity index is 2.63. The Morgan fingerprint density at radius 2 is 1.67 bits per heavy atom. The number of hydrogen-bond donors (Lipinski definition) is 4. The molecule has 0 aromatic carbocycles. The molecule has 0 radical (unpaired) electrons. The first-order chi connectivity index (χ1) is 5.57. The molecule has 5 atom stereocenters. The summed E-state index contributed by atoms with van der Waals surface area (Å²) in [5.41, 5.74) is 0. The first-order valence-corrected chi connectivity index (χ1v) is 4.73. The maximum absolute atomic E-state index is 9.22. The van der Waals surface area contributed by atoms with Gasteiger partial charge in [-0.05, 0) is 0 Å². The Hall–Kier alpha value is 0.540. The maximum atomic E-state index is 9.22. The third-order valence-electron chi connectivity index (χ3n) is 1.80. The van der Waals surface area contributed by atoms with Gasteiger partial charge in [-0.15, -0.1) is 0 Å². The standard InChI is InChI=1S/C6H11O5.Au/c7-1-4-6(10)5(9)3(8)2-11-4;/h2-10H,1H2;/t3-,4+,5+,6-;/m0./s1. The van der Waals surface area contributed by atoms with E-state index in [1.54, 1.807) is 0 Å². The van der Waals surface area contributed by atoms with E-state index in [0.29, 0.717) is 0 Å². The molecule has 12 heavy (non-hydrogen) atoms. The number of ether oxygens (including phenoxy) is 1. The van der Waals surface area contributed by atoms with E-state index >= 15 is 0 Å². The van der Waals surface area contributed by atoms with Crippen molar-refractivity contribution >= 4 is 0 Å². The molecule has 0 aliphatic carbocycles. The number of rotatable bonds is 1. The summed E-state index contributed by atoms with van der Waals surface area (Å²) >= 11 is 1.98. The minimum atomic E-state index is -1.26. The van der Waals surface area contributed by atoms with Gasteiger partial charge in [0.25, 0.3) is 0 Å². The summed E-state index contributed by atoms with van der Waals surface area (Å²) < 4.78 is 4.37. The molecular formula is C6H11AuO5. The molecule has 1 unspecified atom stereocenters. The summed E-state index contributed by atoms with van der Waals surface area (Å²) in [5.74, 6) is 0. The molecule has 1 heterocycles. The monoisotopic (exact) mass is 360 g/mol. The summed E-state index contributed by atoms with van der Waals surface area (Å²) in [4.78, 5) is 0. The van der Waals surface area contributed by atoms with Crippen LogP contribution in [0.2, 0.25) is 0 Å². The van der Waals surface area contributed by atoms with Crippen molar-refractivity contribution in [3.8, 4) is 0 Å². The van der Waals surface area contributed by atoms with Crippen molar-refractivity contribution < 1.29 is 46.2 Å². The van der Waals surface area contributed by atoms with Gasteiger partial charge in [-0.1, -0.05) is 0 Å². The molecule has 0 bridgehead atoms. The molecule has 1 rings (SSSR count). The zero-order valence-corrected chi connectivity index (χ0v) is 8.26. The summed E-state index contributed by atoms with van der Waals surface area (Å²) in [7, 11) is 0. The zero-order valence-electron chi connectivity index (χ0n) is 6.09. The number of hydrogen-bond acceptors (Lipinski definition) is 5. The number of aliphatic hydroxyl groups excluding tert-OH is 4. The van der Waals surface area contributed by atoms with E-state index in [1.807, 2.05) is 21.1 Å². The molecule has 1 fully saturated rings. The topological polar surface area (TPSA) is 90.2 Å². The predicted molar refractivity (Wildman–Crippen MR) is 33.8 cm³/mol. The Kier molecular flexibility index (Phi) is 3.69. The zero-order chi connectivity index (χ0) is 9.30. The fourth-order valence-electron chi connectivity index (χ4n) is 1.03. The van der Waals surface area contributed by atoms with Crippen LogP contribution in [-0.4, -0.2) is 55.8 Å². The normalized spacial score (nSPS) is 49.3. The van der Waals surface area contributed by atoms with Crippen LogP contribution in [0.3, 0.4) is 0 Å². The van der Waals surface area contributed by atoms with Gasteiger partial charge in [-0.25, -0.2) is 0 Å². The Bertz CT molecular complexity index is 150. The van der Waals surface area contributed by atoms with E-state index in [0.717, 1.165) is 0 Å². The summed E-state index contributed by atoms with van der Waals surface area (Å²) in [6.07, 6.45) is -4.43. The van der Waals surface area contributed by atoms with Crippen molar-refractivity contribution in [1.82, 2.24) is 0 Å². The fourth-order valence-corrected chi connectivity index (χ4v) is 1.83. The molecule has 1 aliphatic rings. The van der Waals surface area contributed by atoms with Gasteiger partial charge in [0.15, 0.2) is 0 Å². The second-order valence-corrected chi connectivity index (χ2v) is 3.87. The van der Waals surface area contributed by atoms with Gasteiger partial charge in [0, 0.05) is 0 Å². The molecule has 6 heteroatoms. The predicted octanol–water partition coefficient (Wildman–Crippen LogP) is -2.67. The number of aliphatic hydroxyl groups is 4. The van der Waals surface area contributed by atoms with Gasteiger partial charge in [0.05, 0.1) is 0 Å². The van der Waals surface area contributed by atoms with Crippen LogP contribution in [0.25, 0.3) is 0 Å². The van der Waals surface area contributed by atoms with Crippen LogP contribution in [0, 0.1) is 0 Å². The van der Waals surface area contributed by atoms with Crippen LogP contribution in [-0.2, 0) is 25.8 Å². The Morgan fingerprint density at radius 3 is 2.17 bits per heavy atom. The van der Waals surface area contributed by atoms with Gasteiger partial charge in [-0.2, -0.15) is 0 Å². The molecule has 76 valence electrons. The first kappa shape index (κ1) is 10.6. The second kappa shape index (κ2) is 4.17. The molecule has 0 aromatic rings. The molecular weight excluding hydrogens is 349 g/mol. The third-order valence-corrected chi connectivity index (χ3v) is 2.83. The molecule has 4 N–H and O–H groups in total. The van der Waals surface area contributed by atoms with Gasteiger partial charge in [-0.3, -0.25) is 0 Å². The first-order valence-electron chi connectivity index (χ1n) is 3.48. The Morgan fingerprint density at radius 1 is 1.08 bits per heavy atom. The SMILES string of the molecule is OC[C@H]1O[CH]([Au])[C@H](O)[C@@H](O)[C@H]1O. The molecule has 1 saturated heterocycles. The van der Waals surface area contributed by atoms with Crippen molar-refractivity contribution in [2.24, 2.45) is 0 Å². The molecule has 5 nitrogen and oxygen atoms in total. The van der Waals surface area contributed by atoms with E-state index in [9.17, 15) is 15.3 Å². The quantitative estimate of drug-likeness (QED) is 0.383. The fraction of sp³-hybridized carbons (Fsp3) is 1.00. The molecule has 1 aliphatic heterocycles. The van der Waals surface area contributed by atoms with Crippen molar-refractivity contribution in [2.45, 2.75) is 28.7 Å². The Labute approximate surface area is 81.9 Å². The molecule has 0 aromatic heterocycles. The van der Waals surface area contributed by atoms with Crippen molar-refractivity contribution in [1.29, 1.82) is 0 Å². The van der Waals surface area contributed by atoms with Gasteiger partial charge >= 0.3 is 81.6 Å². The van der Waals surface area contributed by atoms with Crippen LogP contribution in [0.15, 0.2) is 0 Å². The van der Waals surface area contributed by atoms with E-state index in [4.69, 9.17) is 9.84 Å². The van der Waals surface area contributed by atoms with Crippen molar-refractivity contribution in [3.63, 3.8) is 0 Å². The van der Waals surface area contributed by atoms with Crippen LogP contribution >= 0.6 is 0 Å². The molecule has 0 saturated carbocycles. The average molecular weight is 360 g/mol. The van der Waals surface area contributed by atoms with Crippen LogP contribution in [0.5, 0.6) is 0 Å². The summed E-state index contributed by atoms with van der Waals surface area (Å²) in [5, 5.41) is 36.3. The molecule has 0 amide bonds. The van der Waals surface area contributed by atoms with Crippen LogP contribution in [0.1, 0.15) is 0 Å². The summed E-state index contributed by atoms with van der Waals surface area (Å²) in [6, 6.07) is 0. The van der Waals surface area contributed by atoms with Crippen molar-refractivity contribution in [3.05, 3.63) is 0 Å². The summed E-state index contributed by atoms with van der Waals surface area (Å²) in [6.45, 7) is -0.375. The molecule has 0 spiro atoms. The average Bonchev–Trinajstić information content (AvgIpc) is 2.08. The van der Waals surface area contributed by atoms with Gasteiger partial charge < -0.3 is 0 Å². The van der Waals surface area contributed by atoms with Crippen molar-refractivity contribution in [2.75, 3.05) is 6.61 Å². The van der Waals surface area contributed by atoms with Gasteiger partial charge in [0.2, 0.25) is 0 Å².